The fraction of sp³-hybridized carbons (Fsp3) is 0.750. The summed E-state index contributed by atoms with van der Waals surface area (Å²) in [5.41, 5.74) is 1.34. The second-order valence-electron chi connectivity index (χ2n) is 7.92. The lowest BCUT2D eigenvalue weighted by Gasteiger charge is -2.30. The lowest BCUT2D eigenvalue weighted by Crippen LogP contribution is -2.39. The summed E-state index contributed by atoms with van der Waals surface area (Å²) in [5.74, 6) is 0.854. The van der Waals surface area contributed by atoms with Gasteiger partial charge in [-0.25, -0.2) is 0 Å². The fourth-order valence-corrected chi connectivity index (χ4v) is 4.42. The molecule has 0 N–H and O–H groups in total. The maximum atomic E-state index is 12.3. The molecule has 0 unspecified atom stereocenters. The number of aromatic nitrogens is 1. The highest BCUT2D eigenvalue weighted by Crippen LogP contribution is 2.21. The number of amides is 1. The maximum Gasteiger partial charge on any atom is 0.248 e. The Morgan fingerprint density at radius 2 is 2.00 bits per heavy atom. The van der Waals surface area contributed by atoms with Crippen LogP contribution in [-0.4, -0.2) is 72.4 Å². The second-order valence-corrected chi connectivity index (χ2v) is 7.92. The molecule has 0 aliphatic carbocycles. The van der Waals surface area contributed by atoms with Crippen LogP contribution in [0.2, 0.25) is 0 Å². The van der Waals surface area contributed by atoms with Crippen molar-refractivity contribution in [2.45, 2.75) is 44.9 Å². The molecule has 0 aromatic carbocycles. The third-order valence-electron chi connectivity index (χ3n) is 5.93. The number of hydrogen-bond acceptors (Lipinski definition) is 4. The Balaban J connectivity index is 1.36. The lowest BCUT2D eigenvalue weighted by molar-refractivity contribution is -0.137. The predicted molar refractivity (Wildman–Crippen MR) is 98.8 cm³/mol. The van der Waals surface area contributed by atoms with Crippen LogP contribution in [0.1, 0.15) is 31.4 Å². The Morgan fingerprint density at radius 3 is 2.81 bits per heavy atom. The summed E-state index contributed by atoms with van der Waals surface area (Å²) < 4.78 is 13.9. The number of hydrogen-bond donors (Lipinski definition) is 0. The Kier molecular flexibility index (Phi) is 5.92. The zero-order valence-electron chi connectivity index (χ0n) is 15.6. The van der Waals surface area contributed by atoms with Crippen LogP contribution in [0.5, 0.6) is 0 Å². The van der Waals surface area contributed by atoms with E-state index < -0.39 is 0 Å². The molecule has 6 heteroatoms. The number of rotatable bonds is 5. The summed E-state index contributed by atoms with van der Waals surface area (Å²) in [6.07, 6.45) is 6.75. The molecule has 1 aromatic heterocycles. The van der Waals surface area contributed by atoms with E-state index in [2.05, 4.69) is 27.8 Å². The van der Waals surface area contributed by atoms with E-state index >= 15 is 0 Å². The van der Waals surface area contributed by atoms with Gasteiger partial charge in [0.05, 0.1) is 6.10 Å². The zero-order chi connectivity index (χ0) is 17.8. The highest BCUT2D eigenvalue weighted by Gasteiger charge is 2.26. The van der Waals surface area contributed by atoms with Gasteiger partial charge in [0.1, 0.15) is 6.61 Å². The van der Waals surface area contributed by atoms with Crippen molar-refractivity contribution in [3.63, 3.8) is 0 Å². The van der Waals surface area contributed by atoms with Gasteiger partial charge >= 0.3 is 0 Å². The third-order valence-corrected chi connectivity index (χ3v) is 5.93. The van der Waals surface area contributed by atoms with E-state index in [-0.39, 0.29) is 18.6 Å². The van der Waals surface area contributed by atoms with Crippen LogP contribution in [0.15, 0.2) is 18.3 Å². The lowest BCUT2D eigenvalue weighted by atomic mass is 9.99. The number of carbonyl (C=O) groups excluding carboxylic acids is 1. The average Bonchev–Trinajstić information content (AvgIpc) is 3.30. The van der Waals surface area contributed by atoms with E-state index in [9.17, 15) is 4.79 Å². The van der Waals surface area contributed by atoms with Crippen molar-refractivity contribution in [3.8, 4) is 0 Å². The monoisotopic (exact) mass is 361 g/mol. The number of carbonyl (C=O) groups is 1. The molecule has 0 saturated carbocycles. The summed E-state index contributed by atoms with van der Waals surface area (Å²) in [7, 11) is 0. The molecule has 2 fully saturated rings. The van der Waals surface area contributed by atoms with Crippen LogP contribution in [0.4, 0.5) is 0 Å². The van der Waals surface area contributed by atoms with E-state index in [4.69, 9.17) is 9.47 Å². The smallest absolute Gasteiger partial charge is 0.248 e. The standard InChI is InChI=1S/C20H31N3O3/c24-20(22-7-1-2-8-22)16-26-19-14-21(12-17-5-10-25-11-6-17)13-18-4-3-9-23(18)15-19/h3-4,9,17,19H,1-2,5-8,10-16H2/t19-/m1/s1. The fourth-order valence-electron chi connectivity index (χ4n) is 4.42. The van der Waals surface area contributed by atoms with E-state index in [0.29, 0.717) is 5.92 Å². The molecule has 4 heterocycles. The molecule has 1 aromatic rings. The SMILES string of the molecule is O=C(CO[C@@H]1CN(CC2CCOCC2)Cc2cccn2C1)N1CCCC1. The van der Waals surface area contributed by atoms with Crippen LogP contribution in [0.3, 0.4) is 0 Å². The van der Waals surface area contributed by atoms with Gasteiger partial charge in [-0.05, 0) is 43.7 Å². The largest absolute Gasteiger partial charge is 0.381 e. The van der Waals surface area contributed by atoms with Crippen molar-refractivity contribution in [3.05, 3.63) is 24.0 Å². The van der Waals surface area contributed by atoms with E-state index in [1.165, 1.54) is 5.69 Å². The molecule has 0 bridgehead atoms. The van der Waals surface area contributed by atoms with E-state index in [1.807, 2.05) is 4.90 Å². The number of fused-ring (bicyclic) bond motifs is 1. The van der Waals surface area contributed by atoms with Crippen molar-refractivity contribution in [1.82, 2.24) is 14.4 Å². The summed E-state index contributed by atoms with van der Waals surface area (Å²) >= 11 is 0. The minimum atomic E-state index is 0.0649. The van der Waals surface area contributed by atoms with E-state index in [0.717, 1.165) is 78.2 Å². The van der Waals surface area contributed by atoms with Crippen molar-refractivity contribution < 1.29 is 14.3 Å². The van der Waals surface area contributed by atoms with Gasteiger partial charge in [-0.2, -0.15) is 0 Å². The molecule has 144 valence electrons. The first-order chi connectivity index (χ1) is 12.8. The minimum Gasteiger partial charge on any atom is -0.381 e. The molecule has 26 heavy (non-hydrogen) atoms. The number of likely N-dealkylation sites (tertiary alicyclic amines) is 1. The van der Waals surface area contributed by atoms with Crippen LogP contribution in [0.25, 0.3) is 0 Å². The highest BCUT2D eigenvalue weighted by molar-refractivity contribution is 5.77. The van der Waals surface area contributed by atoms with Gasteiger partial charge < -0.3 is 18.9 Å². The molecular weight excluding hydrogens is 330 g/mol. The summed E-state index contributed by atoms with van der Waals surface area (Å²) in [4.78, 5) is 16.8. The molecule has 2 saturated heterocycles. The van der Waals surface area contributed by atoms with E-state index in [1.54, 1.807) is 0 Å². The molecule has 0 radical (unpaired) electrons. The van der Waals surface area contributed by atoms with Gasteiger partial charge in [-0.3, -0.25) is 9.69 Å². The quantitative estimate of drug-likeness (QED) is 0.802. The van der Waals surface area contributed by atoms with Crippen molar-refractivity contribution in [2.24, 2.45) is 5.92 Å². The molecule has 0 spiro atoms. The van der Waals surface area contributed by atoms with Crippen LogP contribution >= 0.6 is 0 Å². The molecule has 3 aliphatic rings. The third kappa shape index (κ3) is 4.48. The highest BCUT2D eigenvalue weighted by atomic mass is 16.5. The Labute approximate surface area is 156 Å². The summed E-state index contributed by atoms with van der Waals surface area (Å²) in [6.45, 7) is 7.56. The second kappa shape index (κ2) is 8.55. The Morgan fingerprint density at radius 1 is 1.19 bits per heavy atom. The zero-order valence-corrected chi connectivity index (χ0v) is 15.6. The normalized spacial score (nSPS) is 25.2. The molecule has 1 atom stereocenters. The summed E-state index contributed by atoms with van der Waals surface area (Å²) in [5, 5.41) is 0. The molecule has 4 rings (SSSR count). The van der Waals surface area contributed by atoms with Gasteiger partial charge in [0, 0.05) is 64.4 Å². The Hall–Kier alpha value is -1.37. The molecule has 6 nitrogen and oxygen atoms in total. The van der Waals surface area contributed by atoms with Gasteiger partial charge in [0.15, 0.2) is 0 Å². The topological polar surface area (TPSA) is 46.9 Å². The minimum absolute atomic E-state index is 0.0649. The Bertz CT molecular complexity index is 591. The first-order valence-corrected chi connectivity index (χ1v) is 10.1. The van der Waals surface area contributed by atoms with Crippen molar-refractivity contribution >= 4 is 5.91 Å². The predicted octanol–water partition coefficient (Wildman–Crippen LogP) is 1.74. The molecule has 3 aliphatic heterocycles. The average molecular weight is 361 g/mol. The van der Waals surface area contributed by atoms with Crippen LogP contribution < -0.4 is 0 Å². The maximum absolute atomic E-state index is 12.3. The van der Waals surface area contributed by atoms with Crippen molar-refractivity contribution in [2.75, 3.05) is 46.0 Å². The van der Waals surface area contributed by atoms with Gasteiger partial charge in [-0.15, -0.1) is 0 Å². The van der Waals surface area contributed by atoms with Crippen LogP contribution in [-0.2, 0) is 27.4 Å². The molecular formula is C20H31N3O3. The first kappa shape index (κ1) is 18.0. The number of nitrogens with zero attached hydrogens (tertiary/aromatic N) is 3. The number of ether oxygens (including phenoxy) is 2. The van der Waals surface area contributed by atoms with Gasteiger partial charge in [-0.1, -0.05) is 0 Å². The van der Waals surface area contributed by atoms with Gasteiger partial charge in [0.25, 0.3) is 0 Å². The summed E-state index contributed by atoms with van der Waals surface area (Å²) in [6, 6.07) is 4.31. The first-order valence-electron chi connectivity index (χ1n) is 10.1. The van der Waals surface area contributed by atoms with Crippen LogP contribution in [0, 0.1) is 5.92 Å². The van der Waals surface area contributed by atoms with Crippen molar-refractivity contribution in [1.29, 1.82) is 0 Å². The molecule has 1 amide bonds. The van der Waals surface area contributed by atoms with Gasteiger partial charge in [0.2, 0.25) is 5.91 Å².